The van der Waals surface area contributed by atoms with Gasteiger partial charge in [0.25, 0.3) is 0 Å². The average Bonchev–Trinajstić information content (AvgIpc) is 2.59. The minimum atomic E-state index is -0.463. The van der Waals surface area contributed by atoms with Crippen LogP contribution in [0, 0.1) is 0 Å². The van der Waals surface area contributed by atoms with Crippen LogP contribution in [0.15, 0.2) is 0 Å². The molecular formula is C12H22N2O3. The zero-order valence-electron chi connectivity index (χ0n) is 10.9. The number of esters is 1. The average molecular weight is 242 g/mol. The fraction of sp³-hybridized carbons (Fsp3) is 0.833. The van der Waals surface area contributed by atoms with Gasteiger partial charge in [0.1, 0.15) is 11.6 Å². The Morgan fingerprint density at radius 1 is 1.41 bits per heavy atom. The highest BCUT2D eigenvalue weighted by Gasteiger charge is 2.33. The van der Waals surface area contributed by atoms with Gasteiger partial charge in [-0.3, -0.25) is 14.5 Å². The Morgan fingerprint density at radius 2 is 2.06 bits per heavy atom. The normalized spacial score (nSPS) is 21.5. The maximum Gasteiger partial charge on any atom is 0.323 e. The number of amides is 1. The zero-order valence-corrected chi connectivity index (χ0v) is 10.9. The molecule has 0 saturated carbocycles. The Balaban J connectivity index is 2.51. The highest BCUT2D eigenvalue weighted by molar-refractivity contribution is 5.77. The maximum absolute atomic E-state index is 11.9. The molecule has 5 heteroatoms. The molecule has 5 nitrogen and oxygen atoms in total. The lowest BCUT2D eigenvalue weighted by atomic mass is 10.1. The van der Waals surface area contributed by atoms with Gasteiger partial charge in [0, 0.05) is 13.0 Å². The van der Waals surface area contributed by atoms with Crippen LogP contribution in [0.5, 0.6) is 0 Å². The Hall–Kier alpha value is -1.10. The van der Waals surface area contributed by atoms with Crippen molar-refractivity contribution >= 4 is 11.9 Å². The standard InChI is InChI=1S/C12H22N2O3/c1-12(2,3)17-11(16)9-5-4-7-14(9)8-6-10(13)15/h9H,4-8H2,1-3H3,(H2,13,15)/t9-/m0/s1. The Bertz CT molecular complexity index is 297. The van der Waals surface area contributed by atoms with Crippen LogP contribution in [0.4, 0.5) is 0 Å². The third-order valence-corrected chi connectivity index (χ3v) is 2.69. The number of rotatable bonds is 4. The van der Waals surface area contributed by atoms with E-state index in [0.717, 1.165) is 19.4 Å². The summed E-state index contributed by atoms with van der Waals surface area (Å²) in [5, 5.41) is 0. The third-order valence-electron chi connectivity index (χ3n) is 2.69. The van der Waals surface area contributed by atoms with Gasteiger partial charge < -0.3 is 10.5 Å². The Labute approximate surface area is 102 Å². The largest absolute Gasteiger partial charge is 0.459 e. The molecule has 0 aliphatic carbocycles. The molecule has 1 amide bonds. The van der Waals surface area contributed by atoms with Gasteiger partial charge in [-0.2, -0.15) is 0 Å². The van der Waals surface area contributed by atoms with Crippen molar-refractivity contribution in [3.05, 3.63) is 0 Å². The van der Waals surface area contributed by atoms with E-state index in [0.29, 0.717) is 13.0 Å². The van der Waals surface area contributed by atoms with Crippen LogP contribution in [0.1, 0.15) is 40.0 Å². The van der Waals surface area contributed by atoms with Gasteiger partial charge in [0.2, 0.25) is 5.91 Å². The fourth-order valence-corrected chi connectivity index (χ4v) is 1.98. The zero-order chi connectivity index (χ0) is 13.1. The van der Waals surface area contributed by atoms with Crippen molar-refractivity contribution in [2.75, 3.05) is 13.1 Å². The molecule has 0 unspecified atom stereocenters. The minimum Gasteiger partial charge on any atom is -0.459 e. The number of primary amides is 1. The second kappa shape index (κ2) is 5.49. The van der Waals surface area contributed by atoms with Gasteiger partial charge in [-0.15, -0.1) is 0 Å². The van der Waals surface area contributed by atoms with E-state index < -0.39 is 5.60 Å². The molecule has 0 aromatic heterocycles. The smallest absolute Gasteiger partial charge is 0.323 e. The summed E-state index contributed by atoms with van der Waals surface area (Å²) in [7, 11) is 0. The monoisotopic (exact) mass is 242 g/mol. The lowest BCUT2D eigenvalue weighted by Gasteiger charge is -2.27. The van der Waals surface area contributed by atoms with Crippen molar-refractivity contribution < 1.29 is 14.3 Å². The lowest BCUT2D eigenvalue weighted by Crippen LogP contribution is -2.41. The number of carbonyl (C=O) groups excluding carboxylic acids is 2. The van der Waals surface area contributed by atoms with Crippen molar-refractivity contribution in [2.45, 2.75) is 51.7 Å². The van der Waals surface area contributed by atoms with E-state index in [1.165, 1.54) is 0 Å². The van der Waals surface area contributed by atoms with Crippen molar-refractivity contribution in [2.24, 2.45) is 5.73 Å². The summed E-state index contributed by atoms with van der Waals surface area (Å²) < 4.78 is 5.36. The summed E-state index contributed by atoms with van der Waals surface area (Å²) in [5.41, 5.74) is 4.65. The summed E-state index contributed by atoms with van der Waals surface area (Å²) in [4.78, 5) is 24.7. The van der Waals surface area contributed by atoms with Gasteiger partial charge in [-0.25, -0.2) is 0 Å². The van der Waals surface area contributed by atoms with Crippen molar-refractivity contribution in [3.63, 3.8) is 0 Å². The van der Waals surface area contributed by atoms with E-state index in [2.05, 4.69) is 0 Å². The molecule has 1 rings (SSSR count). The van der Waals surface area contributed by atoms with Crippen LogP contribution in [-0.2, 0) is 14.3 Å². The molecule has 1 fully saturated rings. The van der Waals surface area contributed by atoms with Crippen LogP contribution in [0.3, 0.4) is 0 Å². The lowest BCUT2D eigenvalue weighted by molar-refractivity contribution is -0.160. The predicted molar refractivity (Wildman–Crippen MR) is 64.3 cm³/mol. The van der Waals surface area contributed by atoms with Crippen molar-refractivity contribution in [1.82, 2.24) is 4.90 Å². The highest BCUT2D eigenvalue weighted by atomic mass is 16.6. The van der Waals surface area contributed by atoms with E-state index in [4.69, 9.17) is 10.5 Å². The molecular weight excluding hydrogens is 220 g/mol. The summed E-state index contributed by atoms with van der Waals surface area (Å²) >= 11 is 0. The number of likely N-dealkylation sites (tertiary alicyclic amines) is 1. The van der Waals surface area contributed by atoms with Crippen LogP contribution in [0.25, 0.3) is 0 Å². The summed E-state index contributed by atoms with van der Waals surface area (Å²) in [6.07, 6.45) is 2.05. The second-order valence-electron chi connectivity index (χ2n) is 5.44. The van der Waals surface area contributed by atoms with Gasteiger partial charge in [-0.05, 0) is 40.2 Å². The molecule has 1 atom stereocenters. The molecule has 98 valence electrons. The first-order chi connectivity index (χ1) is 7.79. The van der Waals surface area contributed by atoms with Crippen LogP contribution in [-0.4, -0.2) is 41.5 Å². The molecule has 0 bridgehead atoms. The van der Waals surface area contributed by atoms with E-state index in [9.17, 15) is 9.59 Å². The van der Waals surface area contributed by atoms with Gasteiger partial charge in [0.05, 0.1) is 0 Å². The molecule has 0 aromatic rings. The third kappa shape index (κ3) is 4.73. The second-order valence-corrected chi connectivity index (χ2v) is 5.44. The molecule has 2 N–H and O–H groups in total. The first-order valence-corrected chi connectivity index (χ1v) is 6.05. The number of carbonyl (C=O) groups is 2. The van der Waals surface area contributed by atoms with Crippen molar-refractivity contribution in [1.29, 1.82) is 0 Å². The number of hydrogen-bond donors (Lipinski definition) is 1. The van der Waals surface area contributed by atoms with Gasteiger partial charge >= 0.3 is 5.97 Å². The summed E-state index contributed by atoms with van der Waals surface area (Å²) in [6.45, 7) is 6.94. The van der Waals surface area contributed by atoms with Crippen molar-refractivity contribution in [3.8, 4) is 0 Å². The van der Waals surface area contributed by atoms with Gasteiger partial charge in [-0.1, -0.05) is 0 Å². The Kier molecular flexibility index (Phi) is 4.51. The van der Waals surface area contributed by atoms with E-state index >= 15 is 0 Å². The topological polar surface area (TPSA) is 72.6 Å². The molecule has 1 heterocycles. The minimum absolute atomic E-state index is 0.195. The van der Waals surface area contributed by atoms with E-state index in [1.807, 2.05) is 25.7 Å². The molecule has 0 spiro atoms. The maximum atomic E-state index is 11.9. The number of nitrogens with two attached hydrogens (primary N) is 1. The molecule has 1 saturated heterocycles. The molecule has 0 aromatic carbocycles. The van der Waals surface area contributed by atoms with E-state index in [-0.39, 0.29) is 17.9 Å². The first-order valence-electron chi connectivity index (χ1n) is 6.05. The van der Waals surface area contributed by atoms with Gasteiger partial charge in [0.15, 0.2) is 0 Å². The summed E-state index contributed by atoms with van der Waals surface area (Å²) in [6, 6.07) is -0.214. The van der Waals surface area contributed by atoms with Crippen LogP contribution < -0.4 is 5.73 Å². The highest BCUT2D eigenvalue weighted by Crippen LogP contribution is 2.21. The molecule has 17 heavy (non-hydrogen) atoms. The fourth-order valence-electron chi connectivity index (χ4n) is 1.98. The molecule has 1 aliphatic heterocycles. The number of hydrogen-bond acceptors (Lipinski definition) is 4. The molecule has 0 radical (unpaired) electrons. The molecule has 1 aliphatic rings. The summed E-state index contributed by atoms with van der Waals surface area (Å²) in [5.74, 6) is -0.528. The first kappa shape index (κ1) is 14.0. The van der Waals surface area contributed by atoms with E-state index in [1.54, 1.807) is 0 Å². The number of nitrogens with zero attached hydrogens (tertiary/aromatic N) is 1. The quantitative estimate of drug-likeness (QED) is 0.735. The van der Waals surface area contributed by atoms with Crippen LogP contribution >= 0.6 is 0 Å². The Morgan fingerprint density at radius 3 is 2.59 bits per heavy atom. The number of ether oxygens (including phenoxy) is 1. The van der Waals surface area contributed by atoms with Crippen LogP contribution in [0.2, 0.25) is 0 Å². The SMILES string of the molecule is CC(C)(C)OC(=O)[C@@H]1CCCN1CCC(N)=O. The predicted octanol–water partition coefficient (Wildman–Crippen LogP) is 0.668.